The molecule has 8 nitrogen and oxygen atoms in total. The molecule has 1 aliphatic carbocycles. The number of Topliss-reactive ketones (excluding diaryl/α,β-unsaturated/α-hetero) is 1. The molecule has 0 bridgehead atoms. The van der Waals surface area contributed by atoms with Gasteiger partial charge in [0, 0.05) is 6.42 Å². The summed E-state index contributed by atoms with van der Waals surface area (Å²) in [5.41, 5.74) is 0.719. The zero-order valence-corrected chi connectivity index (χ0v) is 15.8. The van der Waals surface area contributed by atoms with Crippen LogP contribution < -0.4 is 15.3 Å². The van der Waals surface area contributed by atoms with Gasteiger partial charge >= 0.3 is 21.2 Å². The lowest BCUT2D eigenvalue weighted by atomic mass is 9.98. The number of aryl methyl sites for hydroxylation is 1. The monoisotopic (exact) mass is 400 g/mol. The summed E-state index contributed by atoms with van der Waals surface area (Å²) in [6.45, 7) is 3.78. The van der Waals surface area contributed by atoms with Crippen LogP contribution in [0.1, 0.15) is 40.7 Å². The van der Waals surface area contributed by atoms with E-state index in [9.17, 15) is 22.8 Å². The molecule has 3 aromatic rings. The zero-order valence-electron chi connectivity index (χ0n) is 15.0. The van der Waals surface area contributed by atoms with Crippen LogP contribution in [0.25, 0.3) is 11.0 Å². The van der Waals surface area contributed by atoms with Crippen LogP contribution in [0.5, 0.6) is 5.75 Å². The number of hydrogen-bond acceptors (Lipinski definition) is 6. The lowest BCUT2D eigenvalue weighted by Crippen LogP contribution is -2.29. The highest BCUT2D eigenvalue weighted by atomic mass is 32.2. The van der Waals surface area contributed by atoms with Crippen molar-refractivity contribution >= 4 is 26.9 Å². The molecule has 1 unspecified atom stereocenters. The van der Waals surface area contributed by atoms with E-state index in [0.717, 1.165) is 11.1 Å². The summed E-state index contributed by atoms with van der Waals surface area (Å²) < 4.78 is 30.8. The van der Waals surface area contributed by atoms with Crippen LogP contribution in [0.4, 0.5) is 0 Å². The van der Waals surface area contributed by atoms with E-state index in [4.69, 9.17) is 4.18 Å². The minimum absolute atomic E-state index is 0.00341. The first kappa shape index (κ1) is 18.2. The molecule has 28 heavy (non-hydrogen) atoms. The number of ketones is 1. The fourth-order valence-electron chi connectivity index (χ4n) is 3.59. The van der Waals surface area contributed by atoms with Crippen molar-refractivity contribution in [3.8, 4) is 5.75 Å². The summed E-state index contributed by atoms with van der Waals surface area (Å²) in [7, 11) is -4.27. The first-order valence-electron chi connectivity index (χ1n) is 8.55. The highest BCUT2D eigenvalue weighted by molar-refractivity contribution is 7.87. The number of nitrogens with one attached hydrogen (secondary N) is 2. The van der Waals surface area contributed by atoms with Gasteiger partial charge in [-0.15, -0.1) is 0 Å². The van der Waals surface area contributed by atoms with E-state index in [2.05, 4.69) is 9.97 Å². The van der Waals surface area contributed by atoms with Crippen molar-refractivity contribution in [2.24, 2.45) is 0 Å². The van der Waals surface area contributed by atoms with E-state index in [1.165, 1.54) is 24.3 Å². The second-order valence-corrected chi connectivity index (χ2v) is 8.40. The Morgan fingerprint density at radius 3 is 2.39 bits per heavy atom. The van der Waals surface area contributed by atoms with E-state index in [-0.39, 0.29) is 33.4 Å². The van der Waals surface area contributed by atoms with Crippen molar-refractivity contribution in [3.63, 3.8) is 0 Å². The molecule has 0 radical (unpaired) electrons. The molecular formula is C19H16N2O6S. The molecule has 1 aromatic heterocycles. The van der Waals surface area contributed by atoms with Gasteiger partial charge in [0.25, 0.3) is 0 Å². The Hall–Kier alpha value is -3.20. The minimum Gasteiger partial charge on any atom is -0.378 e. The Balaban J connectivity index is 1.80. The second-order valence-electron chi connectivity index (χ2n) is 6.85. The van der Waals surface area contributed by atoms with Gasteiger partial charge in [0.1, 0.15) is 4.90 Å². The predicted octanol–water partition coefficient (Wildman–Crippen LogP) is 1.98. The molecule has 0 saturated heterocycles. The maximum absolute atomic E-state index is 12.8. The summed E-state index contributed by atoms with van der Waals surface area (Å²) in [6, 6.07) is 7.00. The molecule has 0 fully saturated rings. The number of aromatic amines is 2. The van der Waals surface area contributed by atoms with Crippen LogP contribution in [-0.2, 0) is 10.1 Å². The van der Waals surface area contributed by atoms with Crippen molar-refractivity contribution in [1.29, 1.82) is 0 Å². The third-order valence-electron chi connectivity index (χ3n) is 4.87. The molecule has 1 atom stereocenters. The van der Waals surface area contributed by atoms with Crippen LogP contribution in [0.2, 0.25) is 0 Å². The molecular weight excluding hydrogens is 384 g/mol. The molecule has 1 aliphatic rings. The van der Waals surface area contributed by atoms with Gasteiger partial charge in [0.05, 0.1) is 16.6 Å². The van der Waals surface area contributed by atoms with E-state index in [0.29, 0.717) is 12.0 Å². The van der Waals surface area contributed by atoms with Gasteiger partial charge in [0.2, 0.25) is 0 Å². The van der Waals surface area contributed by atoms with Crippen LogP contribution in [0, 0.1) is 6.92 Å². The summed E-state index contributed by atoms with van der Waals surface area (Å²) in [5.74, 6) is -0.168. The van der Waals surface area contributed by atoms with E-state index in [1.54, 1.807) is 6.07 Å². The molecule has 0 spiro atoms. The number of carbonyl (C=O) groups is 1. The Kier molecular flexibility index (Phi) is 4.00. The molecule has 0 aliphatic heterocycles. The van der Waals surface area contributed by atoms with Gasteiger partial charge in [-0.05, 0) is 48.2 Å². The van der Waals surface area contributed by atoms with Gasteiger partial charge in [-0.3, -0.25) is 14.4 Å². The highest BCUT2D eigenvalue weighted by Crippen LogP contribution is 2.40. The first-order valence-corrected chi connectivity index (χ1v) is 9.96. The Bertz CT molecular complexity index is 1370. The summed E-state index contributed by atoms with van der Waals surface area (Å²) >= 11 is 0. The number of hydrogen-bond donors (Lipinski definition) is 2. The molecule has 0 saturated carbocycles. The molecule has 0 amide bonds. The van der Waals surface area contributed by atoms with Gasteiger partial charge in [-0.1, -0.05) is 13.0 Å². The van der Waals surface area contributed by atoms with Gasteiger partial charge in [-0.25, -0.2) is 0 Å². The lowest BCUT2D eigenvalue weighted by Gasteiger charge is -2.13. The fourth-order valence-corrected chi connectivity index (χ4v) is 4.56. The maximum Gasteiger partial charge on any atom is 0.339 e. The molecule has 2 aromatic carbocycles. The summed E-state index contributed by atoms with van der Waals surface area (Å²) in [6.07, 6.45) is 0.307. The van der Waals surface area contributed by atoms with E-state index < -0.39 is 21.2 Å². The van der Waals surface area contributed by atoms with Crippen LogP contribution in [0.3, 0.4) is 0 Å². The maximum atomic E-state index is 12.8. The molecule has 4 rings (SSSR count). The Morgan fingerprint density at radius 2 is 1.68 bits per heavy atom. The molecule has 2 N–H and O–H groups in total. The van der Waals surface area contributed by atoms with Crippen molar-refractivity contribution in [1.82, 2.24) is 9.97 Å². The lowest BCUT2D eigenvalue weighted by molar-refractivity contribution is 0.0989. The third kappa shape index (κ3) is 2.84. The summed E-state index contributed by atoms with van der Waals surface area (Å²) in [4.78, 5) is 39.7. The van der Waals surface area contributed by atoms with Crippen molar-refractivity contribution < 1.29 is 17.4 Å². The van der Waals surface area contributed by atoms with E-state index in [1.807, 2.05) is 13.8 Å². The average molecular weight is 400 g/mol. The quantitative estimate of drug-likeness (QED) is 0.511. The SMILES string of the molecule is Cc1ccc(OS(=O)(=O)c2ccc3[nH]c(=O)c(=O)[nH]c3c2)c2c1C(C)CC2=O. The number of H-pyrrole nitrogens is 2. The van der Waals surface area contributed by atoms with Crippen LogP contribution >= 0.6 is 0 Å². The number of aromatic nitrogens is 2. The van der Waals surface area contributed by atoms with Crippen molar-refractivity contribution in [3.05, 3.63) is 67.7 Å². The topological polar surface area (TPSA) is 126 Å². The zero-order chi connectivity index (χ0) is 20.2. The van der Waals surface area contributed by atoms with Crippen LogP contribution in [0.15, 0.2) is 44.8 Å². The Labute approximate surface area is 159 Å². The fraction of sp³-hybridized carbons (Fsp3) is 0.211. The first-order chi connectivity index (χ1) is 13.2. The number of rotatable bonds is 3. The number of benzene rings is 2. The van der Waals surface area contributed by atoms with Crippen molar-refractivity contribution in [2.75, 3.05) is 0 Å². The second kappa shape index (κ2) is 6.16. The minimum atomic E-state index is -4.27. The number of carbonyl (C=O) groups excluding carboxylic acids is 1. The van der Waals surface area contributed by atoms with Gasteiger partial charge < -0.3 is 14.2 Å². The summed E-state index contributed by atoms with van der Waals surface area (Å²) in [5, 5.41) is 0. The smallest absolute Gasteiger partial charge is 0.339 e. The third-order valence-corrected chi connectivity index (χ3v) is 6.10. The van der Waals surface area contributed by atoms with Crippen LogP contribution in [-0.4, -0.2) is 24.2 Å². The molecule has 1 heterocycles. The average Bonchev–Trinajstić information content (AvgIpc) is 2.93. The largest absolute Gasteiger partial charge is 0.378 e. The standard InChI is InChI=1S/C19H16N2O6S/c1-9-3-6-15(17-14(22)7-10(2)16(9)17)27-28(25,26)11-4-5-12-13(8-11)21-19(24)18(23)20-12/h3-6,8,10H,7H2,1-2H3,(H,20,23)(H,21,24). The van der Waals surface area contributed by atoms with E-state index >= 15 is 0 Å². The molecule has 9 heteroatoms. The highest BCUT2D eigenvalue weighted by Gasteiger charge is 2.33. The van der Waals surface area contributed by atoms with Gasteiger partial charge in [-0.2, -0.15) is 8.42 Å². The van der Waals surface area contributed by atoms with Gasteiger partial charge in [0.15, 0.2) is 11.5 Å². The normalized spacial score (nSPS) is 16.4. The predicted molar refractivity (Wildman–Crippen MR) is 102 cm³/mol. The number of fused-ring (bicyclic) bond motifs is 2. The van der Waals surface area contributed by atoms with Crippen molar-refractivity contribution in [2.45, 2.75) is 31.1 Å². The molecule has 144 valence electrons. The Morgan fingerprint density at radius 1 is 1.00 bits per heavy atom.